The average molecular weight is 293 g/mol. The Balaban J connectivity index is 1.85. The summed E-state index contributed by atoms with van der Waals surface area (Å²) in [7, 11) is 0. The summed E-state index contributed by atoms with van der Waals surface area (Å²) in [5.74, 6) is -0.464. The minimum atomic E-state index is -0.534. The van der Waals surface area contributed by atoms with Crippen LogP contribution in [0.1, 0.15) is 36.0 Å². The summed E-state index contributed by atoms with van der Waals surface area (Å²) < 4.78 is 1.36. The van der Waals surface area contributed by atoms with Crippen molar-refractivity contribution in [2.75, 3.05) is 0 Å². The summed E-state index contributed by atoms with van der Waals surface area (Å²) in [5, 5.41) is 14.4. The second-order valence-electron chi connectivity index (χ2n) is 4.96. The molecule has 106 valence electrons. The van der Waals surface area contributed by atoms with E-state index in [0.29, 0.717) is 11.4 Å². The third-order valence-electron chi connectivity index (χ3n) is 3.63. The smallest absolute Gasteiger partial charge is 0.271 e. The maximum Gasteiger partial charge on any atom is 0.271 e. The molecule has 2 N–H and O–H groups in total. The molecule has 0 unspecified atom stereocenters. The van der Waals surface area contributed by atoms with Crippen molar-refractivity contribution in [3.63, 3.8) is 0 Å². The fourth-order valence-corrected chi connectivity index (χ4v) is 3.18. The Bertz CT molecular complexity index is 693. The molecule has 1 aliphatic carbocycles. The Morgan fingerprint density at radius 1 is 1.45 bits per heavy atom. The molecule has 2 aromatic rings. The van der Waals surface area contributed by atoms with Gasteiger partial charge in [0.1, 0.15) is 5.56 Å². The van der Waals surface area contributed by atoms with Gasteiger partial charge in [-0.3, -0.25) is 14.0 Å². The van der Waals surface area contributed by atoms with Crippen LogP contribution in [-0.2, 0) is 0 Å². The number of thiazole rings is 1. The van der Waals surface area contributed by atoms with Crippen LogP contribution < -0.4 is 10.9 Å². The van der Waals surface area contributed by atoms with E-state index in [1.807, 2.05) is 0 Å². The van der Waals surface area contributed by atoms with Crippen molar-refractivity contribution in [2.24, 2.45) is 0 Å². The van der Waals surface area contributed by atoms with Gasteiger partial charge < -0.3 is 10.4 Å². The van der Waals surface area contributed by atoms with Crippen LogP contribution in [0.3, 0.4) is 0 Å². The first-order valence-electron chi connectivity index (χ1n) is 6.60. The van der Waals surface area contributed by atoms with Crippen LogP contribution in [0.15, 0.2) is 22.6 Å². The minimum Gasteiger partial charge on any atom is -0.391 e. The van der Waals surface area contributed by atoms with E-state index in [4.69, 9.17) is 0 Å². The number of aliphatic hydroxyl groups is 1. The third-order valence-corrected chi connectivity index (χ3v) is 4.40. The fourth-order valence-electron chi connectivity index (χ4n) is 2.51. The Kier molecular flexibility index (Phi) is 3.54. The molecular formula is C13H15N3O3S. The van der Waals surface area contributed by atoms with Crippen molar-refractivity contribution in [2.45, 2.75) is 37.8 Å². The van der Waals surface area contributed by atoms with E-state index in [-0.39, 0.29) is 17.2 Å². The lowest BCUT2D eigenvalue weighted by atomic mass is 9.92. The summed E-state index contributed by atoms with van der Waals surface area (Å²) in [4.78, 5) is 29.0. The number of aromatic nitrogens is 2. The Labute approximate surface area is 119 Å². The predicted molar refractivity (Wildman–Crippen MR) is 75.1 cm³/mol. The van der Waals surface area contributed by atoms with Gasteiger partial charge in [-0.2, -0.15) is 0 Å². The average Bonchev–Trinajstić information content (AvgIpc) is 2.91. The molecule has 1 fully saturated rings. The van der Waals surface area contributed by atoms with Crippen molar-refractivity contribution in [1.29, 1.82) is 0 Å². The van der Waals surface area contributed by atoms with E-state index in [1.54, 1.807) is 11.6 Å². The van der Waals surface area contributed by atoms with Gasteiger partial charge in [0.2, 0.25) is 0 Å². The van der Waals surface area contributed by atoms with Gasteiger partial charge in [0.25, 0.3) is 11.5 Å². The lowest BCUT2D eigenvalue weighted by Crippen LogP contribution is -2.46. The molecule has 1 amide bonds. The van der Waals surface area contributed by atoms with Gasteiger partial charge in [-0.15, -0.1) is 11.3 Å². The molecule has 20 heavy (non-hydrogen) atoms. The highest BCUT2D eigenvalue weighted by atomic mass is 32.1. The number of hydrogen-bond acceptors (Lipinski definition) is 5. The van der Waals surface area contributed by atoms with E-state index >= 15 is 0 Å². The van der Waals surface area contributed by atoms with Crippen LogP contribution in [0.2, 0.25) is 0 Å². The summed E-state index contributed by atoms with van der Waals surface area (Å²) >= 11 is 1.34. The molecule has 0 bridgehead atoms. The first kappa shape index (κ1) is 13.3. The first-order valence-corrected chi connectivity index (χ1v) is 7.48. The van der Waals surface area contributed by atoms with Crippen LogP contribution in [0.5, 0.6) is 0 Å². The second-order valence-corrected chi connectivity index (χ2v) is 5.84. The number of amides is 1. The molecular weight excluding hydrogens is 278 g/mol. The molecule has 2 heterocycles. The molecule has 0 radical (unpaired) electrons. The molecule has 2 aromatic heterocycles. The number of fused-ring (bicyclic) bond motifs is 1. The summed E-state index contributed by atoms with van der Waals surface area (Å²) in [6.07, 6.45) is 5.74. The SMILES string of the molecule is O=C(N[C@H]1CCCC[C@@H]1O)c1cnc2sccn2c1=O. The van der Waals surface area contributed by atoms with Crippen LogP contribution in [0.4, 0.5) is 0 Å². The Hall–Kier alpha value is -1.73. The predicted octanol–water partition coefficient (Wildman–Crippen LogP) is 0.789. The minimum absolute atomic E-state index is 0.0127. The zero-order valence-electron chi connectivity index (χ0n) is 10.8. The van der Waals surface area contributed by atoms with E-state index in [9.17, 15) is 14.7 Å². The molecule has 1 aliphatic rings. The molecule has 6 nitrogen and oxygen atoms in total. The normalized spacial score (nSPS) is 22.9. The lowest BCUT2D eigenvalue weighted by Gasteiger charge is -2.28. The summed E-state index contributed by atoms with van der Waals surface area (Å²) in [6.45, 7) is 0. The fraction of sp³-hybridized carbons (Fsp3) is 0.462. The van der Waals surface area contributed by atoms with Crippen molar-refractivity contribution in [1.82, 2.24) is 14.7 Å². The van der Waals surface area contributed by atoms with Gasteiger partial charge in [-0.05, 0) is 12.8 Å². The van der Waals surface area contributed by atoms with Crippen molar-refractivity contribution < 1.29 is 9.90 Å². The van der Waals surface area contributed by atoms with Gasteiger partial charge in [-0.1, -0.05) is 12.8 Å². The van der Waals surface area contributed by atoms with Crippen LogP contribution in [0.25, 0.3) is 4.96 Å². The highest BCUT2D eigenvalue weighted by Crippen LogP contribution is 2.18. The molecule has 3 rings (SSSR count). The van der Waals surface area contributed by atoms with Crippen molar-refractivity contribution >= 4 is 22.2 Å². The largest absolute Gasteiger partial charge is 0.391 e. The second kappa shape index (κ2) is 5.34. The number of nitrogens with zero attached hydrogens (tertiary/aromatic N) is 2. The first-order chi connectivity index (χ1) is 9.66. The van der Waals surface area contributed by atoms with Gasteiger partial charge in [0.05, 0.1) is 12.1 Å². The van der Waals surface area contributed by atoms with Gasteiger partial charge in [0.15, 0.2) is 4.96 Å². The van der Waals surface area contributed by atoms with Gasteiger partial charge in [0, 0.05) is 17.8 Å². The summed E-state index contributed by atoms with van der Waals surface area (Å²) in [6, 6.07) is -0.279. The molecule has 0 aromatic carbocycles. The number of nitrogens with one attached hydrogen (secondary N) is 1. The van der Waals surface area contributed by atoms with Crippen LogP contribution in [-0.4, -0.2) is 32.5 Å². The molecule has 2 atom stereocenters. The number of aliphatic hydroxyl groups excluding tert-OH is 1. The summed E-state index contributed by atoms with van der Waals surface area (Å²) in [5.41, 5.74) is -0.363. The highest BCUT2D eigenvalue weighted by Gasteiger charge is 2.26. The van der Waals surface area contributed by atoms with Gasteiger partial charge in [-0.25, -0.2) is 4.98 Å². The molecule has 0 aliphatic heterocycles. The quantitative estimate of drug-likeness (QED) is 0.857. The molecule has 7 heteroatoms. The number of rotatable bonds is 2. The van der Waals surface area contributed by atoms with Gasteiger partial charge >= 0.3 is 0 Å². The third kappa shape index (κ3) is 2.34. The maximum absolute atomic E-state index is 12.2. The number of carbonyl (C=O) groups excluding carboxylic acids is 1. The molecule has 1 saturated carbocycles. The van der Waals surface area contributed by atoms with E-state index in [2.05, 4.69) is 10.3 Å². The van der Waals surface area contributed by atoms with E-state index in [0.717, 1.165) is 19.3 Å². The Morgan fingerprint density at radius 2 is 2.25 bits per heavy atom. The number of hydrogen-bond donors (Lipinski definition) is 2. The standard InChI is InChI=1S/C13H15N3O3S/c17-10-4-2-1-3-9(10)15-11(18)8-7-14-13-16(12(8)19)5-6-20-13/h5-7,9-10,17H,1-4H2,(H,15,18)/t9-,10-/m0/s1. The molecule has 0 spiro atoms. The lowest BCUT2D eigenvalue weighted by molar-refractivity contribution is 0.0716. The zero-order chi connectivity index (χ0) is 14.1. The van der Waals surface area contributed by atoms with Crippen LogP contribution >= 0.6 is 11.3 Å². The highest BCUT2D eigenvalue weighted by molar-refractivity contribution is 7.15. The van der Waals surface area contributed by atoms with Crippen molar-refractivity contribution in [3.8, 4) is 0 Å². The maximum atomic E-state index is 12.2. The van der Waals surface area contributed by atoms with E-state index in [1.165, 1.54) is 21.9 Å². The van der Waals surface area contributed by atoms with E-state index < -0.39 is 12.0 Å². The van der Waals surface area contributed by atoms with Crippen LogP contribution in [0, 0.1) is 0 Å². The zero-order valence-corrected chi connectivity index (χ0v) is 11.6. The topological polar surface area (TPSA) is 83.7 Å². The van der Waals surface area contributed by atoms with Crippen molar-refractivity contribution in [3.05, 3.63) is 33.7 Å². The number of carbonyl (C=O) groups is 1. The monoisotopic (exact) mass is 293 g/mol. The Morgan fingerprint density at radius 3 is 3.05 bits per heavy atom. The molecule has 0 saturated heterocycles.